The molecule has 1 N–H and O–H groups in total. The Morgan fingerprint density at radius 1 is 1.36 bits per heavy atom. The smallest absolute Gasteiger partial charge is 0.376 e. The summed E-state index contributed by atoms with van der Waals surface area (Å²) in [4.78, 5) is 16.8. The maximum absolute atomic E-state index is 12.3. The number of imidazole rings is 1. The fourth-order valence-corrected chi connectivity index (χ4v) is 3.21. The number of nitrogens with zero attached hydrogens (tertiary/aromatic N) is 2. The van der Waals surface area contributed by atoms with E-state index in [1.54, 1.807) is 11.6 Å². The number of rotatable bonds is 8. The number of hydrogen-bond donors (Lipinski definition) is 1. The number of benzene rings is 1. The summed E-state index contributed by atoms with van der Waals surface area (Å²) in [6.45, 7) is 8.32. The van der Waals surface area contributed by atoms with E-state index in [1.807, 2.05) is 26.8 Å². The minimum Gasteiger partial charge on any atom is -0.433 e. The van der Waals surface area contributed by atoms with Crippen molar-refractivity contribution < 1.29 is 19.4 Å². The van der Waals surface area contributed by atoms with Gasteiger partial charge in [0, 0.05) is 13.7 Å². The van der Waals surface area contributed by atoms with Crippen LogP contribution in [0.15, 0.2) is 6.07 Å². The first-order valence-corrected chi connectivity index (χ1v) is 8.87. The quantitative estimate of drug-likeness (QED) is 0.449. The van der Waals surface area contributed by atoms with Crippen molar-refractivity contribution >= 4 is 17.0 Å². The van der Waals surface area contributed by atoms with Gasteiger partial charge in [0.25, 0.3) is 0 Å². The number of aromatic nitrogens is 2. The molecule has 0 saturated carbocycles. The van der Waals surface area contributed by atoms with Crippen molar-refractivity contribution in [2.24, 2.45) is 7.05 Å². The number of aryl methyl sites for hydroxylation is 3. The molecule has 1 aromatic heterocycles. The number of hydrogen-bond acceptors (Lipinski definition) is 5. The first kappa shape index (κ1) is 19.4. The van der Waals surface area contributed by atoms with Gasteiger partial charge in [0.1, 0.15) is 0 Å². The van der Waals surface area contributed by atoms with Crippen molar-refractivity contribution in [2.75, 3.05) is 13.4 Å². The average molecular weight is 348 g/mol. The summed E-state index contributed by atoms with van der Waals surface area (Å²) in [6, 6.07) is 1.98. The second-order valence-corrected chi connectivity index (χ2v) is 6.15. The monoisotopic (exact) mass is 348 g/mol. The zero-order valence-corrected chi connectivity index (χ0v) is 15.8. The lowest BCUT2D eigenvalue weighted by Gasteiger charge is -2.18. The Morgan fingerprint density at radius 2 is 2.08 bits per heavy atom. The van der Waals surface area contributed by atoms with Crippen LogP contribution in [-0.4, -0.2) is 34.0 Å². The molecule has 138 valence electrons. The van der Waals surface area contributed by atoms with E-state index in [4.69, 9.17) is 9.47 Å². The zero-order valence-electron chi connectivity index (χ0n) is 15.8. The molecule has 0 spiro atoms. The minimum atomic E-state index is -0.514. The van der Waals surface area contributed by atoms with Gasteiger partial charge in [-0.3, -0.25) is 0 Å². The molecule has 0 saturated heterocycles. The van der Waals surface area contributed by atoms with Crippen LogP contribution in [-0.2, 0) is 22.9 Å². The van der Waals surface area contributed by atoms with Gasteiger partial charge in [-0.25, -0.2) is 9.78 Å². The molecule has 1 atom stereocenters. The van der Waals surface area contributed by atoms with Crippen molar-refractivity contribution in [3.8, 4) is 0 Å². The number of aliphatic hydroxyl groups is 1. The van der Waals surface area contributed by atoms with E-state index >= 15 is 0 Å². The molecule has 0 bridgehead atoms. The first-order valence-electron chi connectivity index (χ1n) is 8.87. The highest BCUT2D eigenvalue weighted by atomic mass is 16.7. The molecule has 0 radical (unpaired) electrons. The number of ether oxygens (including phenoxy) is 2. The summed E-state index contributed by atoms with van der Waals surface area (Å²) in [6.07, 6.45) is 1.83. The molecular formula is C19H28N2O4. The number of aliphatic hydroxyl groups excluding tert-OH is 1. The van der Waals surface area contributed by atoms with Gasteiger partial charge in [0.15, 0.2) is 6.79 Å². The lowest BCUT2D eigenvalue weighted by atomic mass is 9.92. The number of carbonyl (C=O) groups is 1. The normalized spacial score (nSPS) is 12.6. The van der Waals surface area contributed by atoms with Crippen LogP contribution >= 0.6 is 0 Å². The van der Waals surface area contributed by atoms with Crippen molar-refractivity contribution in [1.29, 1.82) is 0 Å². The van der Waals surface area contributed by atoms with E-state index in [-0.39, 0.29) is 12.6 Å². The Morgan fingerprint density at radius 3 is 2.68 bits per heavy atom. The summed E-state index contributed by atoms with van der Waals surface area (Å²) in [7, 11) is 1.80. The van der Waals surface area contributed by atoms with Crippen LogP contribution in [0.2, 0.25) is 0 Å². The third-order valence-electron chi connectivity index (χ3n) is 4.44. The van der Waals surface area contributed by atoms with Crippen molar-refractivity contribution in [3.05, 3.63) is 28.6 Å². The summed E-state index contributed by atoms with van der Waals surface area (Å²) in [5, 5.41) is 10.6. The molecule has 0 aliphatic heterocycles. The highest BCUT2D eigenvalue weighted by Crippen LogP contribution is 2.32. The molecule has 0 aliphatic carbocycles. The van der Waals surface area contributed by atoms with Gasteiger partial charge in [-0.15, -0.1) is 0 Å². The molecule has 1 unspecified atom stereocenters. The van der Waals surface area contributed by atoms with Gasteiger partial charge in [-0.2, -0.15) is 0 Å². The summed E-state index contributed by atoms with van der Waals surface area (Å²) >= 11 is 0. The average Bonchev–Trinajstić information content (AvgIpc) is 2.90. The molecule has 6 heteroatoms. The second kappa shape index (κ2) is 8.45. The van der Waals surface area contributed by atoms with Crippen LogP contribution in [0, 0.1) is 6.92 Å². The molecular weight excluding hydrogens is 320 g/mol. The third-order valence-corrected chi connectivity index (χ3v) is 4.44. The van der Waals surface area contributed by atoms with Crippen LogP contribution in [0.1, 0.15) is 67.0 Å². The van der Waals surface area contributed by atoms with Crippen LogP contribution in [0.5, 0.6) is 0 Å². The van der Waals surface area contributed by atoms with E-state index in [1.165, 1.54) is 0 Å². The van der Waals surface area contributed by atoms with E-state index in [9.17, 15) is 9.90 Å². The fraction of sp³-hybridized carbons (Fsp3) is 0.579. The largest absolute Gasteiger partial charge is 0.433 e. The van der Waals surface area contributed by atoms with Gasteiger partial charge >= 0.3 is 5.97 Å². The molecule has 1 aromatic carbocycles. The van der Waals surface area contributed by atoms with Gasteiger partial charge in [0.05, 0.1) is 17.1 Å². The number of fused-ring (bicyclic) bond motifs is 1. The Hall–Kier alpha value is -1.92. The Labute approximate surface area is 148 Å². The van der Waals surface area contributed by atoms with Gasteiger partial charge in [0.2, 0.25) is 5.82 Å². The lowest BCUT2D eigenvalue weighted by Crippen LogP contribution is -2.13. The molecule has 25 heavy (non-hydrogen) atoms. The van der Waals surface area contributed by atoms with E-state index in [0.29, 0.717) is 13.0 Å². The molecule has 2 rings (SSSR count). The van der Waals surface area contributed by atoms with E-state index in [2.05, 4.69) is 11.9 Å². The van der Waals surface area contributed by atoms with Crippen LogP contribution < -0.4 is 0 Å². The van der Waals surface area contributed by atoms with Crippen molar-refractivity contribution in [2.45, 2.75) is 53.1 Å². The van der Waals surface area contributed by atoms with E-state index in [0.717, 1.165) is 40.6 Å². The Balaban J connectivity index is 2.53. The summed E-state index contributed by atoms with van der Waals surface area (Å²) in [5.74, 6) is -0.270. The Kier molecular flexibility index (Phi) is 6.56. The SMILES string of the molecule is CCCC(O)c1c(C)cc2c(nc(C(=O)OCOCC)n2C)c1CC. The standard InChI is InChI=1S/C19H28N2O4/c1-6-9-15(22)16-12(4)10-14-17(13(16)7-2)20-18(21(14)5)19(23)25-11-24-8-3/h10,15,22H,6-9,11H2,1-5H3. The predicted octanol–water partition coefficient (Wildman–Crippen LogP) is 3.43. The Bertz CT molecular complexity index is 752. The maximum Gasteiger partial charge on any atom is 0.376 e. The van der Waals surface area contributed by atoms with Crippen LogP contribution in [0.3, 0.4) is 0 Å². The maximum atomic E-state index is 12.3. The molecule has 0 fully saturated rings. The number of carbonyl (C=O) groups excluding carboxylic acids is 1. The minimum absolute atomic E-state index is 0.0847. The topological polar surface area (TPSA) is 73.6 Å². The first-order chi connectivity index (χ1) is 12.0. The molecule has 0 amide bonds. The number of esters is 1. The second-order valence-electron chi connectivity index (χ2n) is 6.15. The van der Waals surface area contributed by atoms with Gasteiger partial charge in [-0.05, 0) is 49.4 Å². The van der Waals surface area contributed by atoms with Gasteiger partial charge < -0.3 is 19.1 Å². The molecule has 2 aromatic rings. The predicted molar refractivity (Wildman–Crippen MR) is 96.6 cm³/mol. The molecule has 0 aliphatic rings. The van der Waals surface area contributed by atoms with Gasteiger partial charge in [-0.1, -0.05) is 20.3 Å². The molecule has 1 heterocycles. The zero-order chi connectivity index (χ0) is 18.6. The molecule has 6 nitrogen and oxygen atoms in total. The van der Waals surface area contributed by atoms with Crippen LogP contribution in [0.4, 0.5) is 0 Å². The van der Waals surface area contributed by atoms with Crippen molar-refractivity contribution in [3.63, 3.8) is 0 Å². The highest BCUT2D eigenvalue weighted by molar-refractivity contribution is 5.92. The summed E-state index contributed by atoms with van der Waals surface area (Å²) < 4.78 is 11.9. The lowest BCUT2D eigenvalue weighted by molar-refractivity contribution is -0.0285. The van der Waals surface area contributed by atoms with Crippen LogP contribution in [0.25, 0.3) is 11.0 Å². The highest BCUT2D eigenvalue weighted by Gasteiger charge is 2.23. The fourth-order valence-electron chi connectivity index (χ4n) is 3.21. The van der Waals surface area contributed by atoms with Crippen molar-refractivity contribution in [1.82, 2.24) is 9.55 Å². The third kappa shape index (κ3) is 3.85. The summed E-state index contributed by atoms with van der Waals surface area (Å²) in [5.41, 5.74) is 4.57. The van der Waals surface area contributed by atoms with E-state index < -0.39 is 12.1 Å².